The van der Waals surface area contributed by atoms with Gasteiger partial charge in [-0.2, -0.15) is 0 Å². The van der Waals surface area contributed by atoms with Crippen molar-refractivity contribution in [2.75, 3.05) is 0 Å². The SMILES string of the molecule is CCCCC1C[C@H](O)c2cc(C)ccc2O1. The van der Waals surface area contributed by atoms with Crippen LogP contribution < -0.4 is 4.74 Å². The molecule has 1 aromatic carbocycles. The minimum atomic E-state index is -0.356. The fourth-order valence-corrected chi connectivity index (χ4v) is 2.25. The van der Waals surface area contributed by atoms with Crippen LogP contribution in [0, 0.1) is 6.92 Å². The predicted molar refractivity (Wildman–Crippen MR) is 64.7 cm³/mol. The summed E-state index contributed by atoms with van der Waals surface area (Å²) in [6.45, 7) is 4.22. The summed E-state index contributed by atoms with van der Waals surface area (Å²) < 4.78 is 5.90. The monoisotopic (exact) mass is 220 g/mol. The van der Waals surface area contributed by atoms with E-state index in [0.29, 0.717) is 0 Å². The normalized spacial score (nSPS) is 23.7. The van der Waals surface area contributed by atoms with Crippen molar-refractivity contribution in [1.82, 2.24) is 0 Å². The maximum Gasteiger partial charge on any atom is 0.125 e. The lowest BCUT2D eigenvalue weighted by Crippen LogP contribution is -2.25. The number of fused-ring (bicyclic) bond motifs is 1. The van der Waals surface area contributed by atoms with Crippen molar-refractivity contribution in [1.29, 1.82) is 0 Å². The van der Waals surface area contributed by atoms with Gasteiger partial charge in [0.15, 0.2) is 0 Å². The second kappa shape index (κ2) is 4.88. The molecular formula is C14H20O2. The Bertz CT molecular complexity index is 360. The van der Waals surface area contributed by atoms with E-state index in [1.54, 1.807) is 0 Å². The highest BCUT2D eigenvalue weighted by molar-refractivity contribution is 5.40. The first-order valence-electron chi connectivity index (χ1n) is 6.16. The van der Waals surface area contributed by atoms with Gasteiger partial charge in [0.2, 0.25) is 0 Å². The molecule has 0 saturated carbocycles. The molecule has 0 bridgehead atoms. The van der Waals surface area contributed by atoms with E-state index in [-0.39, 0.29) is 12.2 Å². The molecule has 0 radical (unpaired) electrons. The molecule has 0 saturated heterocycles. The fraction of sp³-hybridized carbons (Fsp3) is 0.571. The van der Waals surface area contributed by atoms with Gasteiger partial charge < -0.3 is 9.84 Å². The van der Waals surface area contributed by atoms with Crippen LogP contribution in [0.5, 0.6) is 5.75 Å². The topological polar surface area (TPSA) is 29.5 Å². The molecule has 1 unspecified atom stereocenters. The van der Waals surface area contributed by atoms with Gasteiger partial charge in [-0.3, -0.25) is 0 Å². The van der Waals surface area contributed by atoms with E-state index in [4.69, 9.17) is 4.74 Å². The van der Waals surface area contributed by atoms with Crippen molar-refractivity contribution in [3.05, 3.63) is 29.3 Å². The van der Waals surface area contributed by atoms with Gasteiger partial charge in [0, 0.05) is 12.0 Å². The molecule has 0 aliphatic carbocycles. The first kappa shape index (κ1) is 11.5. The van der Waals surface area contributed by atoms with Gasteiger partial charge in [0.05, 0.1) is 6.10 Å². The average molecular weight is 220 g/mol. The van der Waals surface area contributed by atoms with Gasteiger partial charge in [-0.05, 0) is 25.5 Å². The summed E-state index contributed by atoms with van der Waals surface area (Å²) in [5.74, 6) is 0.866. The molecule has 16 heavy (non-hydrogen) atoms. The summed E-state index contributed by atoms with van der Waals surface area (Å²) in [6, 6.07) is 6.04. The molecule has 1 aliphatic heterocycles. The summed E-state index contributed by atoms with van der Waals surface area (Å²) >= 11 is 0. The number of benzene rings is 1. The van der Waals surface area contributed by atoms with Crippen LogP contribution in [0.2, 0.25) is 0 Å². The summed E-state index contributed by atoms with van der Waals surface area (Å²) in [7, 11) is 0. The maximum absolute atomic E-state index is 10.1. The Morgan fingerprint density at radius 2 is 2.25 bits per heavy atom. The van der Waals surface area contributed by atoms with Crippen LogP contribution in [0.3, 0.4) is 0 Å². The number of unbranched alkanes of at least 4 members (excludes halogenated alkanes) is 1. The number of hydrogen-bond donors (Lipinski definition) is 1. The molecule has 0 fully saturated rings. The summed E-state index contributed by atoms with van der Waals surface area (Å²) in [5, 5.41) is 10.1. The molecule has 88 valence electrons. The highest BCUT2D eigenvalue weighted by Gasteiger charge is 2.26. The molecule has 1 aromatic rings. The number of aliphatic hydroxyl groups is 1. The lowest BCUT2D eigenvalue weighted by Gasteiger charge is -2.29. The second-order valence-electron chi connectivity index (χ2n) is 4.67. The van der Waals surface area contributed by atoms with Crippen LogP contribution in [-0.2, 0) is 0 Å². The summed E-state index contributed by atoms with van der Waals surface area (Å²) in [6.07, 6.45) is 3.95. The zero-order chi connectivity index (χ0) is 11.5. The number of aliphatic hydroxyl groups excluding tert-OH is 1. The smallest absolute Gasteiger partial charge is 0.125 e. The average Bonchev–Trinajstić information content (AvgIpc) is 2.27. The van der Waals surface area contributed by atoms with Crippen molar-refractivity contribution in [3.8, 4) is 5.75 Å². The Balaban J connectivity index is 2.13. The molecule has 2 rings (SSSR count). The quantitative estimate of drug-likeness (QED) is 0.846. The third kappa shape index (κ3) is 2.38. The molecule has 1 N–H and O–H groups in total. The van der Waals surface area contributed by atoms with Crippen LogP contribution in [-0.4, -0.2) is 11.2 Å². The molecule has 2 atom stereocenters. The van der Waals surface area contributed by atoms with Crippen LogP contribution in [0.15, 0.2) is 18.2 Å². The van der Waals surface area contributed by atoms with Crippen molar-refractivity contribution < 1.29 is 9.84 Å². The minimum absolute atomic E-state index is 0.185. The van der Waals surface area contributed by atoms with Gasteiger partial charge >= 0.3 is 0 Å². The Morgan fingerprint density at radius 1 is 1.44 bits per heavy atom. The van der Waals surface area contributed by atoms with Crippen LogP contribution in [0.1, 0.15) is 49.8 Å². The summed E-state index contributed by atoms with van der Waals surface area (Å²) in [5.41, 5.74) is 2.13. The fourth-order valence-electron chi connectivity index (χ4n) is 2.25. The number of hydrogen-bond acceptors (Lipinski definition) is 2. The van der Waals surface area contributed by atoms with E-state index in [1.165, 1.54) is 18.4 Å². The van der Waals surface area contributed by atoms with Gasteiger partial charge in [-0.1, -0.05) is 31.4 Å². The van der Waals surface area contributed by atoms with E-state index in [2.05, 4.69) is 6.92 Å². The second-order valence-corrected chi connectivity index (χ2v) is 4.67. The Labute approximate surface area is 97.3 Å². The number of aryl methyl sites for hydroxylation is 1. The third-order valence-corrected chi connectivity index (χ3v) is 3.18. The van der Waals surface area contributed by atoms with E-state index in [1.807, 2.05) is 25.1 Å². The molecule has 1 aliphatic rings. The molecule has 0 amide bonds. The Hall–Kier alpha value is -1.02. The maximum atomic E-state index is 10.1. The molecule has 1 heterocycles. The van der Waals surface area contributed by atoms with Crippen molar-refractivity contribution in [3.63, 3.8) is 0 Å². The standard InChI is InChI=1S/C14H20O2/c1-3-4-5-11-9-13(15)12-8-10(2)6-7-14(12)16-11/h6-8,11,13,15H,3-5,9H2,1-2H3/t11?,13-/m0/s1. The summed E-state index contributed by atoms with van der Waals surface area (Å²) in [4.78, 5) is 0. The molecule has 0 aromatic heterocycles. The molecule has 0 spiro atoms. The van der Waals surface area contributed by atoms with E-state index < -0.39 is 0 Å². The Kier molecular flexibility index (Phi) is 3.49. The zero-order valence-corrected chi connectivity index (χ0v) is 10.1. The molecular weight excluding hydrogens is 200 g/mol. The van der Waals surface area contributed by atoms with Gasteiger partial charge in [0.1, 0.15) is 11.9 Å². The van der Waals surface area contributed by atoms with Gasteiger partial charge in [-0.15, -0.1) is 0 Å². The van der Waals surface area contributed by atoms with Crippen molar-refractivity contribution in [2.24, 2.45) is 0 Å². The third-order valence-electron chi connectivity index (χ3n) is 3.18. The largest absolute Gasteiger partial charge is 0.490 e. The van der Waals surface area contributed by atoms with E-state index >= 15 is 0 Å². The number of rotatable bonds is 3. The van der Waals surface area contributed by atoms with Gasteiger partial charge in [0.25, 0.3) is 0 Å². The first-order valence-corrected chi connectivity index (χ1v) is 6.16. The van der Waals surface area contributed by atoms with Crippen molar-refractivity contribution in [2.45, 2.75) is 51.7 Å². The minimum Gasteiger partial charge on any atom is -0.490 e. The highest BCUT2D eigenvalue weighted by atomic mass is 16.5. The van der Waals surface area contributed by atoms with Crippen molar-refractivity contribution >= 4 is 0 Å². The van der Waals surface area contributed by atoms with Crippen LogP contribution in [0.4, 0.5) is 0 Å². The number of ether oxygens (including phenoxy) is 1. The van der Waals surface area contributed by atoms with E-state index in [0.717, 1.165) is 24.2 Å². The molecule has 2 nitrogen and oxygen atoms in total. The van der Waals surface area contributed by atoms with Crippen LogP contribution in [0.25, 0.3) is 0 Å². The van der Waals surface area contributed by atoms with Crippen LogP contribution >= 0.6 is 0 Å². The zero-order valence-electron chi connectivity index (χ0n) is 10.1. The van der Waals surface area contributed by atoms with E-state index in [9.17, 15) is 5.11 Å². The predicted octanol–water partition coefficient (Wildman–Crippen LogP) is 3.37. The highest BCUT2D eigenvalue weighted by Crippen LogP contribution is 2.36. The van der Waals surface area contributed by atoms with Gasteiger partial charge in [-0.25, -0.2) is 0 Å². The lowest BCUT2D eigenvalue weighted by atomic mass is 9.95. The molecule has 2 heteroatoms. The first-order chi connectivity index (χ1) is 7.70. The lowest BCUT2D eigenvalue weighted by molar-refractivity contribution is 0.0607. The Morgan fingerprint density at radius 3 is 3.00 bits per heavy atom.